The molecular weight excluding hydrogens is 426 g/mol. The standard InChI is InChI=1S/C23H27N5O3S/c1-16-5-3-4-6-18(16)26-23(32)27-22-17-13-20(29-2)21(14-19(17)24-15-25-22)31-12-9-28-7-10-30-11-8-28/h3-6,13-15H,7-12H2,1-2H3,(H2,24,25,26,27,32). The Kier molecular flexibility index (Phi) is 7.31. The summed E-state index contributed by atoms with van der Waals surface area (Å²) >= 11 is 5.49. The summed E-state index contributed by atoms with van der Waals surface area (Å²) in [6, 6.07) is 11.7. The minimum Gasteiger partial charge on any atom is -0.493 e. The van der Waals surface area contributed by atoms with Crippen LogP contribution in [0.1, 0.15) is 5.56 Å². The Morgan fingerprint density at radius 1 is 1.12 bits per heavy atom. The van der Waals surface area contributed by atoms with E-state index in [1.54, 1.807) is 7.11 Å². The monoisotopic (exact) mass is 453 g/mol. The third kappa shape index (κ3) is 5.42. The average molecular weight is 454 g/mol. The van der Waals surface area contributed by atoms with Crippen LogP contribution in [0.4, 0.5) is 11.5 Å². The number of rotatable bonds is 7. The molecule has 1 aliphatic heterocycles. The van der Waals surface area contributed by atoms with Crippen molar-refractivity contribution in [3.63, 3.8) is 0 Å². The van der Waals surface area contributed by atoms with E-state index in [4.69, 9.17) is 26.4 Å². The van der Waals surface area contributed by atoms with Crippen LogP contribution in [0.3, 0.4) is 0 Å². The molecule has 4 rings (SSSR count). The number of morpholine rings is 1. The molecule has 0 saturated carbocycles. The first kappa shape index (κ1) is 22.2. The minimum atomic E-state index is 0.448. The topological polar surface area (TPSA) is 80.8 Å². The number of thiocarbonyl (C=S) groups is 1. The molecule has 1 fully saturated rings. The third-order valence-electron chi connectivity index (χ3n) is 5.31. The number of aromatic nitrogens is 2. The fourth-order valence-corrected chi connectivity index (χ4v) is 3.73. The van der Waals surface area contributed by atoms with E-state index in [2.05, 4.69) is 25.5 Å². The number of nitrogens with one attached hydrogen (secondary N) is 2. The zero-order valence-corrected chi connectivity index (χ0v) is 19.1. The van der Waals surface area contributed by atoms with Gasteiger partial charge in [-0.2, -0.15) is 0 Å². The lowest BCUT2D eigenvalue weighted by Crippen LogP contribution is -2.38. The number of anilines is 2. The van der Waals surface area contributed by atoms with E-state index >= 15 is 0 Å². The average Bonchev–Trinajstić information content (AvgIpc) is 2.81. The largest absolute Gasteiger partial charge is 0.493 e. The summed E-state index contributed by atoms with van der Waals surface area (Å²) in [5, 5.41) is 7.62. The molecule has 0 unspecified atom stereocenters. The van der Waals surface area contributed by atoms with Gasteiger partial charge < -0.3 is 24.8 Å². The fourth-order valence-electron chi connectivity index (χ4n) is 3.52. The molecule has 0 aliphatic carbocycles. The smallest absolute Gasteiger partial charge is 0.176 e. The molecule has 2 heterocycles. The number of hydrogen-bond acceptors (Lipinski definition) is 7. The Bertz CT molecular complexity index is 1090. The van der Waals surface area contributed by atoms with Crippen LogP contribution in [-0.4, -0.2) is 66.5 Å². The molecule has 32 heavy (non-hydrogen) atoms. The van der Waals surface area contributed by atoms with Gasteiger partial charge in [0, 0.05) is 36.8 Å². The molecule has 1 aromatic heterocycles. The molecule has 168 valence electrons. The maximum atomic E-state index is 6.03. The maximum Gasteiger partial charge on any atom is 0.176 e. The van der Waals surface area contributed by atoms with Gasteiger partial charge in [-0.3, -0.25) is 4.90 Å². The third-order valence-corrected chi connectivity index (χ3v) is 5.52. The number of ether oxygens (including phenoxy) is 3. The summed E-state index contributed by atoms with van der Waals surface area (Å²) in [7, 11) is 1.62. The molecule has 1 saturated heterocycles. The van der Waals surface area contributed by atoms with Gasteiger partial charge in [0.2, 0.25) is 0 Å². The van der Waals surface area contributed by atoms with E-state index in [9.17, 15) is 0 Å². The first-order valence-corrected chi connectivity index (χ1v) is 10.9. The summed E-state index contributed by atoms with van der Waals surface area (Å²) in [5.74, 6) is 1.87. The van der Waals surface area contributed by atoms with Crippen molar-refractivity contribution >= 4 is 39.7 Å². The van der Waals surface area contributed by atoms with E-state index in [0.717, 1.165) is 55.0 Å². The van der Waals surface area contributed by atoms with Crippen LogP contribution < -0.4 is 20.1 Å². The Balaban J connectivity index is 1.48. The van der Waals surface area contributed by atoms with Crippen molar-refractivity contribution in [2.75, 3.05) is 57.2 Å². The van der Waals surface area contributed by atoms with Gasteiger partial charge in [-0.05, 0) is 36.8 Å². The molecule has 0 bridgehead atoms. The van der Waals surface area contributed by atoms with Gasteiger partial charge in [0.25, 0.3) is 0 Å². The fraction of sp³-hybridized carbons (Fsp3) is 0.348. The molecule has 2 N–H and O–H groups in total. The van der Waals surface area contributed by atoms with Crippen LogP contribution in [-0.2, 0) is 4.74 Å². The molecule has 3 aromatic rings. The number of nitrogens with zero attached hydrogens (tertiary/aromatic N) is 3. The highest BCUT2D eigenvalue weighted by Crippen LogP contribution is 2.34. The van der Waals surface area contributed by atoms with Gasteiger partial charge in [-0.15, -0.1) is 0 Å². The van der Waals surface area contributed by atoms with Crippen LogP contribution in [0, 0.1) is 6.92 Å². The highest BCUT2D eigenvalue weighted by molar-refractivity contribution is 7.80. The van der Waals surface area contributed by atoms with Gasteiger partial charge in [0.1, 0.15) is 18.8 Å². The van der Waals surface area contributed by atoms with Gasteiger partial charge in [0.15, 0.2) is 16.6 Å². The van der Waals surface area contributed by atoms with Gasteiger partial charge in [-0.25, -0.2) is 9.97 Å². The van der Waals surface area contributed by atoms with Crippen LogP contribution in [0.25, 0.3) is 10.9 Å². The molecule has 0 radical (unpaired) electrons. The first-order valence-electron chi connectivity index (χ1n) is 10.5. The molecule has 0 amide bonds. The van der Waals surface area contributed by atoms with E-state index in [0.29, 0.717) is 29.0 Å². The summed E-state index contributed by atoms with van der Waals surface area (Å²) < 4.78 is 17.0. The predicted octanol–water partition coefficient (Wildman–Crippen LogP) is 3.47. The predicted molar refractivity (Wildman–Crippen MR) is 130 cm³/mol. The van der Waals surface area contributed by atoms with E-state index in [1.807, 2.05) is 43.3 Å². The minimum absolute atomic E-state index is 0.448. The Morgan fingerprint density at radius 3 is 2.72 bits per heavy atom. The van der Waals surface area contributed by atoms with Crippen molar-refractivity contribution in [1.82, 2.24) is 14.9 Å². The normalized spacial score (nSPS) is 14.2. The van der Waals surface area contributed by atoms with Crippen molar-refractivity contribution in [2.45, 2.75) is 6.92 Å². The highest BCUT2D eigenvalue weighted by atomic mass is 32.1. The number of benzene rings is 2. The summed E-state index contributed by atoms with van der Waals surface area (Å²) in [4.78, 5) is 11.1. The summed E-state index contributed by atoms with van der Waals surface area (Å²) in [6.07, 6.45) is 1.50. The highest BCUT2D eigenvalue weighted by Gasteiger charge is 2.14. The van der Waals surface area contributed by atoms with Crippen LogP contribution in [0.5, 0.6) is 11.5 Å². The number of hydrogen-bond donors (Lipinski definition) is 2. The molecule has 9 heteroatoms. The molecule has 0 spiro atoms. The molecule has 0 atom stereocenters. The second-order valence-corrected chi connectivity index (χ2v) is 7.85. The number of para-hydroxylation sites is 1. The Morgan fingerprint density at radius 2 is 1.94 bits per heavy atom. The lowest BCUT2D eigenvalue weighted by atomic mass is 10.2. The van der Waals surface area contributed by atoms with Crippen molar-refractivity contribution in [1.29, 1.82) is 0 Å². The molecule has 8 nitrogen and oxygen atoms in total. The second-order valence-electron chi connectivity index (χ2n) is 7.44. The van der Waals surface area contributed by atoms with Gasteiger partial charge >= 0.3 is 0 Å². The van der Waals surface area contributed by atoms with Crippen molar-refractivity contribution < 1.29 is 14.2 Å². The summed E-state index contributed by atoms with van der Waals surface area (Å²) in [6.45, 7) is 6.81. The van der Waals surface area contributed by atoms with Crippen LogP contribution >= 0.6 is 12.2 Å². The van der Waals surface area contributed by atoms with E-state index in [-0.39, 0.29) is 0 Å². The van der Waals surface area contributed by atoms with E-state index in [1.165, 1.54) is 6.33 Å². The van der Waals surface area contributed by atoms with E-state index < -0.39 is 0 Å². The van der Waals surface area contributed by atoms with Crippen LogP contribution in [0.2, 0.25) is 0 Å². The zero-order valence-electron chi connectivity index (χ0n) is 18.3. The quantitative estimate of drug-likeness (QED) is 0.523. The van der Waals surface area contributed by atoms with Crippen molar-refractivity contribution in [2.24, 2.45) is 0 Å². The second kappa shape index (κ2) is 10.5. The molecule has 1 aliphatic rings. The van der Waals surface area contributed by atoms with Gasteiger partial charge in [0.05, 0.1) is 25.8 Å². The molecule has 2 aromatic carbocycles. The first-order chi connectivity index (χ1) is 15.6. The summed E-state index contributed by atoms with van der Waals surface area (Å²) in [5.41, 5.74) is 2.78. The lowest BCUT2D eigenvalue weighted by molar-refractivity contribution is 0.0321. The Labute approximate surface area is 192 Å². The zero-order chi connectivity index (χ0) is 22.3. The Hall–Kier alpha value is -3.01. The van der Waals surface area contributed by atoms with Crippen molar-refractivity contribution in [3.8, 4) is 11.5 Å². The maximum absolute atomic E-state index is 6.03. The number of fused-ring (bicyclic) bond motifs is 1. The number of methoxy groups -OCH3 is 1. The number of aryl methyl sites for hydroxylation is 1. The van der Waals surface area contributed by atoms with Crippen molar-refractivity contribution in [3.05, 3.63) is 48.3 Å². The van der Waals surface area contributed by atoms with Gasteiger partial charge in [-0.1, -0.05) is 18.2 Å². The van der Waals surface area contributed by atoms with Crippen LogP contribution in [0.15, 0.2) is 42.7 Å². The lowest BCUT2D eigenvalue weighted by Gasteiger charge is -2.26. The molecular formula is C23H27N5O3S. The SMILES string of the molecule is COc1cc2c(NC(=S)Nc3ccccc3C)ncnc2cc1OCCN1CCOCC1.